The highest BCUT2D eigenvalue weighted by Gasteiger charge is 2.35. The van der Waals surface area contributed by atoms with E-state index in [9.17, 15) is 4.79 Å². The van der Waals surface area contributed by atoms with Crippen LogP contribution in [0.3, 0.4) is 0 Å². The number of nitrogens with zero attached hydrogens (tertiary/aromatic N) is 2. The standard InChI is InChI=1S/C22H22ClN3O2/c1-3-8-17-19(21(27)28-4-2)20(14-9-7-10-15(23)13-14)26-18-12-6-5-11-16(18)24-22(26)25-17/h5-7,9-13,20H,3-4,8H2,1-2H3,(H,24,25)/t20-/m1/s1. The third-order valence-corrected chi connectivity index (χ3v) is 5.11. The molecule has 5 nitrogen and oxygen atoms in total. The minimum absolute atomic E-state index is 0.313. The van der Waals surface area contributed by atoms with Gasteiger partial charge in [0.05, 0.1) is 29.3 Å². The van der Waals surface area contributed by atoms with Crippen molar-refractivity contribution >= 4 is 34.6 Å². The number of aromatic nitrogens is 2. The van der Waals surface area contributed by atoms with E-state index >= 15 is 0 Å². The van der Waals surface area contributed by atoms with E-state index in [1.165, 1.54) is 0 Å². The molecule has 2 heterocycles. The van der Waals surface area contributed by atoms with E-state index in [-0.39, 0.29) is 12.0 Å². The van der Waals surface area contributed by atoms with Gasteiger partial charge in [-0.1, -0.05) is 49.2 Å². The number of fused-ring (bicyclic) bond motifs is 3. The van der Waals surface area contributed by atoms with Crippen LogP contribution in [-0.4, -0.2) is 22.1 Å². The van der Waals surface area contributed by atoms with E-state index < -0.39 is 0 Å². The van der Waals surface area contributed by atoms with Crippen LogP contribution in [0.5, 0.6) is 0 Å². The van der Waals surface area contributed by atoms with Gasteiger partial charge in [-0.25, -0.2) is 9.78 Å². The van der Waals surface area contributed by atoms with E-state index in [1.54, 1.807) is 0 Å². The summed E-state index contributed by atoms with van der Waals surface area (Å²) in [6, 6.07) is 15.2. The Bertz CT molecular complexity index is 1070. The van der Waals surface area contributed by atoms with Gasteiger partial charge in [-0.3, -0.25) is 4.57 Å². The van der Waals surface area contributed by atoms with Crippen LogP contribution in [0.1, 0.15) is 38.3 Å². The van der Waals surface area contributed by atoms with Crippen LogP contribution in [0.25, 0.3) is 11.0 Å². The summed E-state index contributed by atoms with van der Waals surface area (Å²) < 4.78 is 7.50. The van der Waals surface area contributed by atoms with Gasteiger partial charge in [-0.15, -0.1) is 0 Å². The largest absolute Gasteiger partial charge is 0.463 e. The van der Waals surface area contributed by atoms with Gasteiger partial charge in [0, 0.05) is 10.7 Å². The zero-order chi connectivity index (χ0) is 19.7. The maximum atomic E-state index is 13.0. The molecule has 0 amide bonds. The molecule has 0 saturated carbocycles. The highest BCUT2D eigenvalue weighted by Crippen LogP contribution is 2.41. The van der Waals surface area contributed by atoms with Crippen LogP contribution >= 0.6 is 11.6 Å². The number of halogens is 1. The Morgan fingerprint density at radius 3 is 2.79 bits per heavy atom. The molecule has 0 spiro atoms. The van der Waals surface area contributed by atoms with Crippen molar-refractivity contribution in [1.29, 1.82) is 0 Å². The molecular weight excluding hydrogens is 374 g/mol. The van der Waals surface area contributed by atoms with Gasteiger partial charge in [-0.05, 0) is 43.2 Å². The lowest BCUT2D eigenvalue weighted by Crippen LogP contribution is -2.29. The molecule has 6 heteroatoms. The maximum Gasteiger partial charge on any atom is 0.338 e. The van der Waals surface area contributed by atoms with Crippen LogP contribution in [-0.2, 0) is 9.53 Å². The summed E-state index contributed by atoms with van der Waals surface area (Å²) in [5.41, 5.74) is 4.22. The zero-order valence-corrected chi connectivity index (χ0v) is 16.7. The molecule has 1 N–H and O–H groups in total. The fourth-order valence-corrected chi connectivity index (χ4v) is 3.97. The van der Waals surface area contributed by atoms with Gasteiger partial charge in [0.2, 0.25) is 5.95 Å². The molecule has 0 unspecified atom stereocenters. The minimum Gasteiger partial charge on any atom is -0.463 e. The summed E-state index contributed by atoms with van der Waals surface area (Å²) in [6.07, 6.45) is 1.63. The normalized spacial score (nSPS) is 16.0. The molecule has 0 fully saturated rings. The first-order valence-corrected chi connectivity index (χ1v) is 9.91. The predicted octanol–water partition coefficient (Wildman–Crippen LogP) is 5.32. The molecule has 1 aromatic heterocycles. The molecule has 2 aromatic carbocycles. The Morgan fingerprint density at radius 1 is 1.21 bits per heavy atom. The van der Waals surface area contributed by atoms with Crippen molar-refractivity contribution in [3.05, 3.63) is 70.4 Å². The lowest BCUT2D eigenvalue weighted by atomic mass is 9.93. The van der Waals surface area contributed by atoms with Crippen molar-refractivity contribution in [2.45, 2.75) is 32.7 Å². The molecule has 1 atom stereocenters. The third-order valence-electron chi connectivity index (χ3n) is 4.88. The number of esters is 1. The molecule has 0 bridgehead atoms. The summed E-state index contributed by atoms with van der Waals surface area (Å²) in [6.45, 7) is 4.23. The predicted molar refractivity (Wildman–Crippen MR) is 112 cm³/mol. The van der Waals surface area contributed by atoms with Crippen LogP contribution in [0, 0.1) is 0 Å². The average molecular weight is 396 g/mol. The van der Waals surface area contributed by atoms with Crippen molar-refractivity contribution in [2.24, 2.45) is 0 Å². The number of ether oxygens (including phenoxy) is 1. The number of allylic oxidation sites excluding steroid dienone is 1. The molecule has 0 aliphatic carbocycles. The summed E-state index contributed by atoms with van der Waals surface area (Å²) in [5, 5.41) is 4.02. The fraction of sp³-hybridized carbons (Fsp3) is 0.273. The van der Waals surface area contributed by atoms with Crippen molar-refractivity contribution < 1.29 is 9.53 Å². The van der Waals surface area contributed by atoms with Crippen molar-refractivity contribution in [3.8, 4) is 0 Å². The Kier molecular flexibility index (Phi) is 5.09. The number of carbonyl (C=O) groups excluding carboxylic acids is 1. The van der Waals surface area contributed by atoms with Crippen molar-refractivity contribution in [2.75, 3.05) is 11.9 Å². The molecule has 144 valence electrons. The Morgan fingerprint density at radius 2 is 2.04 bits per heavy atom. The topological polar surface area (TPSA) is 56.2 Å². The minimum atomic E-state index is -0.358. The Balaban J connectivity index is 2.00. The summed E-state index contributed by atoms with van der Waals surface area (Å²) in [7, 11) is 0. The van der Waals surface area contributed by atoms with Gasteiger partial charge in [0.25, 0.3) is 0 Å². The Hall–Kier alpha value is -2.79. The average Bonchev–Trinajstić information content (AvgIpc) is 3.05. The van der Waals surface area contributed by atoms with Gasteiger partial charge in [0.15, 0.2) is 0 Å². The van der Waals surface area contributed by atoms with E-state index in [0.717, 1.165) is 41.1 Å². The smallest absolute Gasteiger partial charge is 0.338 e. The summed E-state index contributed by atoms with van der Waals surface area (Å²) in [5.74, 6) is 0.412. The van der Waals surface area contributed by atoms with Gasteiger partial charge in [-0.2, -0.15) is 0 Å². The number of para-hydroxylation sites is 2. The second-order valence-electron chi connectivity index (χ2n) is 6.74. The lowest BCUT2D eigenvalue weighted by Gasteiger charge is -2.31. The molecule has 1 aliphatic rings. The van der Waals surface area contributed by atoms with Gasteiger partial charge < -0.3 is 10.1 Å². The molecule has 0 radical (unpaired) electrons. The third kappa shape index (κ3) is 3.16. The lowest BCUT2D eigenvalue weighted by molar-refractivity contribution is -0.139. The van der Waals surface area contributed by atoms with Gasteiger partial charge in [0.1, 0.15) is 0 Å². The second kappa shape index (κ2) is 7.68. The number of hydrogen-bond donors (Lipinski definition) is 1. The van der Waals surface area contributed by atoms with Crippen LogP contribution in [0.2, 0.25) is 5.02 Å². The monoisotopic (exact) mass is 395 g/mol. The molecule has 4 rings (SSSR count). The van der Waals surface area contributed by atoms with E-state index in [0.29, 0.717) is 17.2 Å². The maximum absolute atomic E-state index is 13.0. The van der Waals surface area contributed by atoms with E-state index in [1.807, 2.05) is 55.5 Å². The Labute approximate surface area is 169 Å². The van der Waals surface area contributed by atoms with Crippen LogP contribution in [0.15, 0.2) is 59.8 Å². The van der Waals surface area contributed by atoms with Crippen molar-refractivity contribution in [1.82, 2.24) is 9.55 Å². The van der Waals surface area contributed by atoms with E-state index in [4.69, 9.17) is 21.3 Å². The molecule has 28 heavy (non-hydrogen) atoms. The number of nitrogens with one attached hydrogen (secondary N) is 1. The first-order valence-electron chi connectivity index (χ1n) is 9.53. The number of benzene rings is 2. The molecule has 3 aromatic rings. The second-order valence-corrected chi connectivity index (χ2v) is 7.18. The quantitative estimate of drug-likeness (QED) is 0.594. The highest BCUT2D eigenvalue weighted by molar-refractivity contribution is 6.30. The number of anilines is 1. The van der Waals surface area contributed by atoms with Crippen molar-refractivity contribution in [3.63, 3.8) is 0 Å². The molecule has 0 saturated heterocycles. The SMILES string of the molecule is CCCC1=C(C(=O)OCC)[C@@H](c2cccc(Cl)c2)n2c(nc3ccccc32)N1. The number of hydrogen-bond acceptors (Lipinski definition) is 4. The first-order chi connectivity index (χ1) is 13.6. The van der Waals surface area contributed by atoms with Gasteiger partial charge >= 0.3 is 5.97 Å². The zero-order valence-electron chi connectivity index (χ0n) is 15.9. The number of imidazole rings is 1. The number of rotatable bonds is 5. The van der Waals surface area contributed by atoms with Crippen LogP contribution < -0.4 is 5.32 Å². The summed E-state index contributed by atoms with van der Waals surface area (Å²) >= 11 is 6.30. The summed E-state index contributed by atoms with van der Waals surface area (Å²) in [4.78, 5) is 17.8. The first kappa shape index (κ1) is 18.6. The fourth-order valence-electron chi connectivity index (χ4n) is 3.77. The van der Waals surface area contributed by atoms with E-state index in [2.05, 4.69) is 16.8 Å². The number of carbonyl (C=O) groups is 1. The molecule has 1 aliphatic heterocycles. The van der Waals surface area contributed by atoms with Crippen LogP contribution in [0.4, 0.5) is 5.95 Å². The molecular formula is C22H22ClN3O2. The highest BCUT2D eigenvalue weighted by atomic mass is 35.5.